The summed E-state index contributed by atoms with van der Waals surface area (Å²) in [6.07, 6.45) is 2.69. The number of benzene rings is 1. The van der Waals surface area contributed by atoms with Crippen LogP contribution in [0.5, 0.6) is 5.75 Å². The second-order valence-corrected chi connectivity index (χ2v) is 16.4. The zero-order valence-corrected chi connectivity index (χ0v) is 29.4. The van der Waals surface area contributed by atoms with Gasteiger partial charge in [-0.25, -0.2) is 4.39 Å². The van der Waals surface area contributed by atoms with E-state index in [0.29, 0.717) is 30.6 Å². The van der Waals surface area contributed by atoms with E-state index in [1.807, 2.05) is 6.07 Å². The highest BCUT2D eigenvalue weighted by Crippen LogP contribution is 2.63. The summed E-state index contributed by atoms with van der Waals surface area (Å²) in [5.74, 6) is -2.03. The van der Waals surface area contributed by atoms with E-state index in [-0.39, 0.29) is 30.0 Å². The van der Waals surface area contributed by atoms with Gasteiger partial charge in [0.1, 0.15) is 11.9 Å². The molecule has 4 nitrogen and oxygen atoms in total. The summed E-state index contributed by atoms with van der Waals surface area (Å²) in [6.45, 7) is 4.62. The molecule has 1 heterocycles. The molecule has 1 aromatic carbocycles. The summed E-state index contributed by atoms with van der Waals surface area (Å²) < 4.78 is 91.2. The quantitative estimate of drug-likeness (QED) is 0.137. The highest BCUT2D eigenvalue weighted by Gasteiger charge is 2.60. The fourth-order valence-electron chi connectivity index (χ4n) is 9.21. The van der Waals surface area contributed by atoms with Crippen molar-refractivity contribution in [2.75, 3.05) is 38.2 Å². The molecule has 0 bridgehead atoms. The first kappa shape index (κ1) is 38.1. The van der Waals surface area contributed by atoms with E-state index in [9.17, 15) is 27.1 Å². The predicted molar refractivity (Wildman–Crippen MR) is 179 cm³/mol. The van der Waals surface area contributed by atoms with Gasteiger partial charge in [0.05, 0.1) is 12.7 Å². The summed E-state index contributed by atoms with van der Waals surface area (Å²) in [7, 11) is 2.06. The molecule has 1 aliphatic heterocycles. The third kappa shape index (κ3) is 9.00. The largest absolute Gasteiger partial charge is 0.465 e. The number of alkyl halides is 6. The van der Waals surface area contributed by atoms with Crippen molar-refractivity contribution < 1.29 is 40.9 Å². The Morgan fingerprint density at radius 3 is 2.52 bits per heavy atom. The normalized spacial score (nSPS) is 32.2. The van der Waals surface area contributed by atoms with E-state index < -0.39 is 30.8 Å². The maximum Gasteiger partial charge on any atom is 0.453 e. The maximum atomic E-state index is 16.3. The van der Waals surface area contributed by atoms with E-state index >= 15 is 4.39 Å². The standard InChI is InChI=1S/C37H55F6NO3S/c1-35-24-30(38)34-28-13-12-27(47-32-11-5-7-19-46-32)23-26(28)22-25(33(34)29(35)14-15-31(35)45)10-4-3-6-17-44(2)18-9-21-48-20-8-16-36(39,40)37(41,42)43/h12-13,23,25,29-34,45H,3-11,14-22,24H2,1-2H3/t25?,29-,30?,31?,32?,33-,34-,35-/m0/s1. The Kier molecular flexibility index (Phi) is 13.0. The van der Waals surface area contributed by atoms with Gasteiger partial charge in [-0.15, -0.1) is 0 Å². The molecule has 0 spiro atoms. The van der Waals surface area contributed by atoms with Crippen LogP contribution in [-0.4, -0.2) is 78.9 Å². The van der Waals surface area contributed by atoms with E-state index in [0.717, 1.165) is 101 Å². The number of thioether (sulfide) groups is 1. The van der Waals surface area contributed by atoms with Crippen molar-refractivity contribution in [3.63, 3.8) is 0 Å². The van der Waals surface area contributed by atoms with Gasteiger partial charge in [0.25, 0.3) is 0 Å². The fraction of sp³-hybridized carbons (Fsp3) is 0.838. The Morgan fingerprint density at radius 2 is 1.77 bits per heavy atom. The molecular formula is C37H55F6NO3S. The Balaban J connectivity index is 1.10. The minimum atomic E-state index is -5.47. The minimum absolute atomic E-state index is 0.146. The topological polar surface area (TPSA) is 41.9 Å². The molecule has 1 N–H and O–H groups in total. The Hall–Kier alpha value is -1.17. The molecule has 2 saturated carbocycles. The van der Waals surface area contributed by atoms with Crippen LogP contribution in [0.1, 0.15) is 107 Å². The van der Waals surface area contributed by atoms with Gasteiger partial charge in [-0.1, -0.05) is 25.8 Å². The summed E-state index contributed by atoms with van der Waals surface area (Å²) in [6, 6.07) is 6.22. The lowest BCUT2D eigenvalue weighted by Gasteiger charge is -2.54. The van der Waals surface area contributed by atoms with Crippen molar-refractivity contribution in [1.29, 1.82) is 0 Å². The second-order valence-electron chi connectivity index (χ2n) is 15.2. The van der Waals surface area contributed by atoms with Gasteiger partial charge < -0.3 is 19.5 Å². The summed E-state index contributed by atoms with van der Waals surface area (Å²) >= 11 is 1.43. The molecule has 0 amide bonds. The molecule has 1 saturated heterocycles. The average Bonchev–Trinajstić information content (AvgIpc) is 3.32. The minimum Gasteiger partial charge on any atom is -0.465 e. The molecule has 8 atom stereocenters. The third-order valence-electron chi connectivity index (χ3n) is 11.8. The second kappa shape index (κ2) is 16.4. The summed E-state index contributed by atoms with van der Waals surface area (Å²) in [5, 5.41) is 11.0. The first-order valence-electron chi connectivity index (χ1n) is 18.2. The van der Waals surface area contributed by atoms with Crippen molar-refractivity contribution in [3.05, 3.63) is 29.3 Å². The van der Waals surface area contributed by atoms with Crippen LogP contribution in [0.4, 0.5) is 26.3 Å². The van der Waals surface area contributed by atoms with Crippen LogP contribution in [0.15, 0.2) is 18.2 Å². The fourth-order valence-corrected chi connectivity index (χ4v) is 10.1. The molecule has 1 aromatic rings. The Morgan fingerprint density at radius 1 is 1.00 bits per heavy atom. The van der Waals surface area contributed by atoms with Crippen molar-refractivity contribution >= 4 is 11.8 Å². The molecule has 5 rings (SSSR count). The van der Waals surface area contributed by atoms with Gasteiger partial charge in [0.2, 0.25) is 0 Å². The van der Waals surface area contributed by atoms with E-state index in [2.05, 4.69) is 31.0 Å². The van der Waals surface area contributed by atoms with Crippen LogP contribution in [-0.2, 0) is 11.2 Å². The number of rotatable bonds is 16. The predicted octanol–water partition coefficient (Wildman–Crippen LogP) is 9.58. The van der Waals surface area contributed by atoms with Crippen LogP contribution in [0.3, 0.4) is 0 Å². The van der Waals surface area contributed by atoms with Crippen LogP contribution in [0.2, 0.25) is 0 Å². The Bertz CT molecular complexity index is 1170. The highest BCUT2D eigenvalue weighted by molar-refractivity contribution is 7.99. The van der Waals surface area contributed by atoms with E-state index in [4.69, 9.17) is 9.47 Å². The van der Waals surface area contributed by atoms with Gasteiger partial charge >= 0.3 is 12.1 Å². The SMILES string of the molecule is CN(CCCCCC1Cc2cc(OC3CCCCO3)ccc2[C@H]2C(F)C[C@]3(C)C(O)CC[C@H]3[C@H]12)CCCSCCCC(F)(F)C(F)(F)F. The average molecular weight is 708 g/mol. The highest BCUT2D eigenvalue weighted by atomic mass is 32.2. The number of unbranched alkanes of at least 4 members (excludes halogenated alkanes) is 2. The van der Waals surface area contributed by atoms with E-state index in [1.54, 1.807) is 0 Å². The van der Waals surface area contributed by atoms with Gasteiger partial charge in [-0.3, -0.25) is 0 Å². The van der Waals surface area contributed by atoms with Gasteiger partial charge in [-0.05, 0) is 142 Å². The number of nitrogens with zero attached hydrogens (tertiary/aromatic N) is 1. The summed E-state index contributed by atoms with van der Waals surface area (Å²) in [5.41, 5.74) is 1.96. The number of aliphatic hydroxyl groups excluding tert-OH is 1. The van der Waals surface area contributed by atoms with Crippen LogP contribution in [0, 0.1) is 23.2 Å². The van der Waals surface area contributed by atoms with Crippen molar-refractivity contribution in [2.24, 2.45) is 23.2 Å². The molecule has 0 radical (unpaired) electrons. The van der Waals surface area contributed by atoms with Crippen LogP contribution >= 0.6 is 11.8 Å². The lowest BCUT2D eigenvalue weighted by Crippen LogP contribution is -2.51. The zero-order valence-electron chi connectivity index (χ0n) is 28.6. The number of ether oxygens (including phenoxy) is 2. The molecule has 3 aliphatic carbocycles. The third-order valence-corrected chi connectivity index (χ3v) is 13.0. The number of fused-ring (bicyclic) bond motifs is 5. The van der Waals surface area contributed by atoms with Crippen molar-refractivity contribution in [1.82, 2.24) is 4.90 Å². The van der Waals surface area contributed by atoms with Gasteiger partial charge in [0, 0.05) is 18.8 Å². The monoisotopic (exact) mass is 707 g/mol. The summed E-state index contributed by atoms with van der Waals surface area (Å²) in [4.78, 5) is 2.25. The number of hydrogen-bond donors (Lipinski definition) is 1. The first-order chi connectivity index (χ1) is 22.8. The van der Waals surface area contributed by atoms with E-state index in [1.165, 1.54) is 17.3 Å². The number of hydrogen-bond acceptors (Lipinski definition) is 5. The first-order valence-corrected chi connectivity index (χ1v) is 19.4. The lowest BCUT2D eigenvalue weighted by molar-refractivity contribution is -0.284. The molecule has 48 heavy (non-hydrogen) atoms. The Labute approximate surface area is 287 Å². The molecule has 4 unspecified atom stereocenters. The number of aliphatic hydroxyl groups is 1. The maximum absolute atomic E-state index is 16.3. The molecule has 0 aromatic heterocycles. The molecule has 3 fully saturated rings. The molecule has 274 valence electrons. The molecular weight excluding hydrogens is 652 g/mol. The van der Waals surface area contributed by atoms with Crippen molar-refractivity contribution in [3.8, 4) is 5.75 Å². The lowest BCUT2D eigenvalue weighted by atomic mass is 9.51. The number of halogens is 6. The van der Waals surface area contributed by atoms with Crippen molar-refractivity contribution in [2.45, 2.75) is 133 Å². The van der Waals surface area contributed by atoms with Gasteiger partial charge in [0.15, 0.2) is 6.29 Å². The van der Waals surface area contributed by atoms with Crippen LogP contribution in [0.25, 0.3) is 0 Å². The van der Waals surface area contributed by atoms with Crippen LogP contribution < -0.4 is 4.74 Å². The molecule has 11 heteroatoms. The molecule has 4 aliphatic rings. The smallest absolute Gasteiger partial charge is 0.453 e. The zero-order chi connectivity index (χ0) is 34.5. The van der Waals surface area contributed by atoms with Gasteiger partial charge in [-0.2, -0.15) is 33.7 Å².